The Balaban J connectivity index is 2.27. The summed E-state index contributed by atoms with van der Waals surface area (Å²) in [4.78, 5) is 10.9. The molecule has 7 heteroatoms. The molecule has 1 heterocycles. The first kappa shape index (κ1) is 13.4. The maximum Gasteiger partial charge on any atom is 0.471 e. The van der Waals surface area contributed by atoms with Crippen LogP contribution in [0.4, 0.5) is 18.9 Å². The van der Waals surface area contributed by atoms with Crippen LogP contribution in [-0.4, -0.2) is 18.6 Å². The summed E-state index contributed by atoms with van der Waals surface area (Å²) in [6, 6.07) is 3.19. The molecule has 0 saturated heterocycles. The fourth-order valence-electron chi connectivity index (χ4n) is 1.82. The predicted octanol–water partition coefficient (Wildman–Crippen LogP) is 2.60. The van der Waals surface area contributed by atoms with Crippen LogP contribution >= 0.6 is 15.9 Å². The molecule has 1 aliphatic rings. The zero-order valence-corrected chi connectivity index (χ0v) is 10.8. The van der Waals surface area contributed by atoms with Gasteiger partial charge in [0.1, 0.15) is 0 Å². The second-order valence-electron chi connectivity index (χ2n) is 3.94. The molecule has 0 radical (unpaired) electrons. The first-order chi connectivity index (χ1) is 8.39. The number of anilines is 1. The van der Waals surface area contributed by atoms with Gasteiger partial charge in [-0.05, 0) is 46.1 Å². The van der Waals surface area contributed by atoms with E-state index < -0.39 is 12.1 Å². The fraction of sp³-hybridized carbons (Fsp3) is 0.364. The van der Waals surface area contributed by atoms with Crippen molar-refractivity contribution in [2.45, 2.75) is 19.1 Å². The highest BCUT2D eigenvalue weighted by Crippen LogP contribution is 2.32. The molecular weight excluding hydrogens is 313 g/mol. The van der Waals surface area contributed by atoms with Crippen LogP contribution in [0.3, 0.4) is 0 Å². The van der Waals surface area contributed by atoms with Crippen LogP contribution in [0, 0.1) is 0 Å². The van der Waals surface area contributed by atoms with Gasteiger partial charge in [0, 0.05) is 11.0 Å². The van der Waals surface area contributed by atoms with E-state index in [-0.39, 0.29) is 5.69 Å². The minimum absolute atomic E-state index is 0.151. The van der Waals surface area contributed by atoms with E-state index in [4.69, 9.17) is 0 Å². The summed E-state index contributed by atoms with van der Waals surface area (Å²) in [5.41, 5.74) is 2.12. The first-order valence-corrected chi connectivity index (χ1v) is 6.08. The Hall–Kier alpha value is -1.08. The smallest absolute Gasteiger partial charge is 0.317 e. The lowest BCUT2D eigenvalue weighted by Crippen LogP contribution is -2.30. The molecule has 98 valence electrons. The molecule has 1 aromatic carbocycles. The Labute approximate surface area is 110 Å². The molecule has 2 rings (SSSR count). The third-order valence-electron chi connectivity index (χ3n) is 2.71. The SMILES string of the molecule is O=C(Nc1ccc2c(c1Br)CCNC2)C(F)(F)F. The standard InChI is InChI=1S/C11H10BrF3N2O/c12-9-7-3-4-16-5-6(7)1-2-8(9)17-10(18)11(13,14)15/h1-2,16H,3-5H2,(H,17,18). The zero-order valence-electron chi connectivity index (χ0n) is 9.20. The molecule has 2 N–H and O–H groups in total. The Bertz CT molecular complexity index is 488. The minimum Gasteiger partial charge on any atom is -0.317 e. The van der Waals surface area contributed by atoms with Crippen LogP contribution in [0.1, 0.15) is 11.1 Å². The van der Waals surface area contributed by atoms with Crippen LogP contribution in [0.15, 0.2) is 16.6 Å². The van der Waals surface area contributed by atoms with Crippen molar-refractivity contribution < 1.29 is 18.0 Å². The average molecular weight is 323 g/mol. The largest absolute Gasteiger partial charge is 0.471 e. The predicted molar refractivity (Wildman–Crippen MR) is 64.2 cm³/mol. The van der Waals surface area contributed by atoms with Crippen molar-refractivity contribution in [3.63, 3.8) is 0 Å². The molecule has 1 aliphatic heterocycles. The highest BCUT2D eigenvalue weighted by atomic mass is 79.9. The van der Waals surface area contributed by atoms with Crippen molar-refractivity contribution >= 4 is 27.5 Å². The molecule has 0 bridgehead atoms. The summed E-state index contributed by atoms with van der Waals surface area (Å²) in [7, 11) is 0. The maximum absolute atomic E-state index is 12.2. The van der Waals surface area contributed by atoms with Gasteiger partial charge >= 0.3 is 12.1 Å². The first-order valence-electron chi connectivity index (χ1n) is 5.28. The lowest BCUT2D eigenvalue weighted by atomic mass is 10.0. The number of rotatable bonds is 1. The van der Waals surface area contributed by atoms with E-state index in [9.17, 15) is 18.0 Å². The van der Waals surface area contributed by atoms with E-state index in [1.807, 2.05) is 5.32 Å². The van der Waals surface area contributed by atoms with Crippen LogP contribution in [-0.2, 0) is 17.8 Å². The van der Waals surface area contributed by atoms with Crippen molar-refractivity contribution in [3.8, 4) is 0 Å². The molecule has 0 atom stereocenters. The second kappa shape index (κ2) is 4.89. The Morgan fingerprint density at radius 3 is 2.78 bits per heavy atom. The number of halogens is 4. The summed E-state index contributed by atoms with van der Waals surface area (Å²) >= 11 is 3.25. The fourth-order valence-corrected chi connectivity index (χ4v) is 2.51. The monoisotopic (exact) mass is 322 g/mol. The van der Waals surface area contributed by atoms with Gasteiger partial charge in [0.25, 0.3) is 0 Å². The van der Waals surface area contributed by atoms with Gasteiger partial charge in [0.05, 0.1) is 5.69 Å². The number of benzene rings is 1. The number of carbonyl (C=O) groups is 1. The summed E-state index contributed by atoms with van der Waals surface area (Å²) in [6.07, 6.45) is -4.16. The number of nitrogens with one attached hydrogen (secondary N) is 2. The third kappa shape index (κ3) is 2.67. The Morgan fingerprint density at radius 1 is 1.39 bits per heavy atom. The minimum atomic E-state index is -4.88. The molecule has 18 heavy (non-hydrogen) atoms. The summed E-state index contributed by atoms with van der Waals surface area (Å²) < 4.78 is 37.0. The average Bonchev–Trinajstić information content (AvgIpc) is 2.32. The summed E-state index contributed by atoms with van der Waals surface area (Å²) in [5, 5.41) is 5.03. The van der Waals surface area contributed by atoms with Gasteiger partial charge in [-0.2, -0.15) is 13.2 Å². The quantitative estimate of drug-likeness (QED) is 0.834. The van der Waals surface area contributed by atoms with E-state index in [2.05, 4.69) is 21.2 Å². The van der Waals surface area contributed by atoms with Gasteiger partial charge in [-0.15, -0.1) is 0 Å². The van der Waals surface area contributed by atoms with Crippen LogP contribution < -0.4 is 10.6 Å². The number of amides is 1. The number of hydrogen-bond acceptors (Lipinski definition) is 2. The molecule has 0 saturated carbocycles. The third-order valence-corrected chi connectivity index (χ3v) is 3.62. The van der Waals surface area contributed by atoms with Crippen molar-refractivity contribution in [2.75, 3.05) is 11.9 Å². The maximum atomic E-state index is 12.2. The van der Waals surface area contributed by atoms with Crippen molar-refractivity contribution in [1.82, 2.24) is 5.32 Å². The molecule has 0 aromatic heterocycles. The van der Waals surface area contributed by atoms with Crippen LogP contribution in [0.2, 0.25) is 0 Å². The number of alkyl halides is 3. The van der Waals surface area contributed by atoms with Crippen molar-refractivity contribution in [3.05, 3.63) is 27.7 Å². The number of hydrogen-bond donors (Lipinski definition) is 2. The van der Waals surface area contributed by atoms with Gasteiger partial charge in [-0.3, -0.25) is 4.79 Å². The molecule has 0 aliphatic carbocycles. The van der Waals surface area contributed by atoms with Crippen LogP contribution in [0.25, 0.3) is 0 Å². The normalized spacial score (nSPS) is 15.1. The lowest BCUT2D eigenvalue weighted by molar-refractivity contribution is -0.167. The van der Waals surface area contributed by atoms with E-state index in [1.165, 1.54) is 6.07 Å². The van der Waals surface area contributed by atoms with Gasteiger partial charge in [-0.1, -0.05) is 6.07 Å². The van der Waals surface area contributed by atoms with Crippen molar-refractivity contribution in [2.24, 2.45) is 0 Å². The Kier molecular flexibility index (Phi) is 3.63. The van der Waals surface area contributed by atoms with Crippen LogP contribution in [0.5, 0.6) is 0 Å². The number of fused-ring (bicyclic) bond motifs is 1. The molecule has 0 spiro atoms. The molecular formula is C11H10BrF3N2O. The highest BCUT2D eigenvalue weighted by molar-refractivity contribution is 9.10. The van der Waals surface area contributed by atoms with E-state index in [0.717, 1.165) is 17.7 Å². The van der Waals surface area contributed by atoms with E-state index in [1.54, 1.807) is 6.07 Å². The summed E-state index contributed by atoms with van der Waals surface area (Å²) in [6.45, 7) is 1.45. The molecule has 1 aromatic rings. The molecule has 0 unspecified atom stereocenters. The van der Waals surface area contributed by atoms with Gasteiger partial charge in [-0.25, -0.2) is 0 Å². The van der Waals surface area contributed by atoms with Crippen molar-refractivity contribution in [1.29, 1.82) is 0 Å². The highest BCUT2D eigenvalue weighted by Gasteiger charge is 2.39. The number of carbonyl (C=O) groups excluding carboxylic acids is 1. The van der Waals surface area contributed by atoms with E-state index >= 15 is 0 Å². The molecule has 3 nitrogen and oxygen atoms in total. The topological polar surface area (TPSA) is 41.1 Å². The Morgan fingerprint density at radius 2 is 2.11 bits per heavy atom. The lowest BCUT2D eigenvalue weighted by Gasteiger charge is -2.20. The van der Waals surface area contributed by atoms with Gasteiger partial charge < -0.3 is 10.6 Å². The van der Waals surface area contributed by atoms with E-state index in [0.29, 0.717) is 17.4 Å². The molecule has 0 fully saturated rings. The molecule has 1 amide bonds. The second-order valence-corrected chi connectivity index (χ2v) is 4.74. The van der Waals surface area contributed by atoms with Gasteiger partial charge in [0.2, 0.25) is 0 Å². The van der Waals surface area contributed by atoms with Gasteiger partial charge in [0.15, 0.2) is 0 Å². The summed E-state index contributed by atoms with van der Waals surface area (Å²) in [5.74, 6) is -1.96. The zero-order chi connectivity index (χ0) is 13.3.